The van der Waals surface area contributed by atoms with Gasteiger partial charge in [-0.05, 0) is 80.3 Å². The summed E-state index contributed by atoms with van der Waals surface area (Å²) in [5.74, 6) is 0.0675. The molecule has 4 aromatic rings. The number of hydrogen-bond acceptors (Lipinski definition) is 2. The molecule has 0 bridgehead atoms. The number of aromatic nitrogens is 1. The number of fused-ring (bicyclic) bond motifs is 3. The Kier molecular flexibility index (Phi) is 5.60. The molecule has 7 heteroatoms. The maximum atomic E-state index is 13.1. The summed E-state index contributed by atoms with van der Waals surface area (Å²) >= 11 is 0. The van der Waals surface area contributed by atoms with Crippen molar-refractivity contribution in [2.75, 3.05) is 6.61 Å². The molecular formula is C27H25F3N2O2. The van der Waals surface area contributed by atoms with Crippen molar-refractivity contribution in [1.82, 2.24) is 9.88 Å². The minimum absolute atomic E-state index is 0.0922. The Morgan fingerprint density at radius 2 is 1.68 bits per heavy atom. The van der Waals surface area contributed by atoms with Crippen molar-refractivity contribution in [3.05, 3.63) is 77.4 Å². The smallest absolute Gasteiger partial charge is 0.394 e. The van der Waals surface area contributed by atoms with E-state index in [1.807, 2.05) is 41.8 Å². The van der Waals surface area contributed by atoms with Crippen LogP contribution in [0.15, 0.2) is 60.7 Å². The highest BCUT2D eigenvalue weighted by Gasteiger charge is 2.30. The molecule has 1 fully saturated rings. The van der Waals surface area contributed by atoms with Crippen LogP contribution in [0.1, 0.15) is 40.7 Å². The van der Waals surface area contributed by atoms with Crippen molar-refractivity contribution in [1.29, 1.82) is 0 Å². The molecule has 1 heterocycles. The first kappa shape index (κ1) is 22.5. The number of carbonyl (C=O) groups is 1. The number of rotatable bonds is 5. The van der Waals surface area contributed by atoms with Gasteiger partial charge in [0, 0.05) is 22.0 Å². The second kappa shape index (κ2) is 8.47. The SMILES string of the molecule is Cc1ccc2c(c1)c1cc(C(=O)NC(CO)C3CCC3)ccc1n2-c1ccc(C(F)(F)F)cc1. The highest BCUT2D eigenvalue weighted by atomic mass is 19.4. The van der Waals surface area contributed by atoms with Crippen LogP contribution in [0.25, 0.3) is 27.5 Å². The van der Waals surface area contributed by atoms with E-state index in [0.29, 0.717) is 17.2 Å². The van der Waals surface area contributed by atoms with E-state index >= 15 is 0 Å². The summed E-state index contributed by atoms with van der Waals surface area (Å²) in [6, 6.07) is 16.1. The van der Waals surface area contributed by atoms with E-state index in [0.717, 1.165) is 58.8 Å². The standard InChI is InChI=1S/C27H25F3N2O2/c1-16-5-11-24-21(13-16)22-14-18(26(34)31-23(15-33)17-3-2-4-17)6-12-25(22)32(24)20-9-7-19(8-10-20)27(28,29)30/h5-14,17,23,33H,2-4,15H2,1H3,(H,31,34). The van der Waals surface area contributed by atoms with Gasteiger partial charge < -0.3 is 15.0 Å². The van der Waals surface area contributed by atoms with Gasteiger partial charge in [0.2, 0.25) is 0 Å². The molecule has 5 rings (SSSR count). The van der Waals surface area contributed by atoms with E-state index in [1.165, 1.54) is 12.1 Å². The first-order valence-corrected chi connectivity index (χ1v) is 11.4. The molecule has 0 radical (unpaired) electrons. The second-order valence-corrected chi connectivity index (χ2v) is 9.09. The van der Waals surface area contributed by atoms with Crippen LogP contribution in [0.3, 0.4) is 0 Å². The molecule has 34 heavy (non-hydrogen) atoms. The summed E-state index contributed by atoms with van der Waals surface area (Å²) in [7, 11) is 0. The van der Waals surface area contributed by atoms with Crippen LogP contribution in [-0.2, 0) is 6.18 Å². The van der Waals surface area contributed by atoms with Crippen molar-refractivity contribution >= 4 is 27.7 Å². The number of amides is 1. The molecule has 3 aromatic carbocycles. The summed E-state index contributed by atoms with van der Waals surface area (Å²) < 4.78 is 41.1. The van der Waals surface area contributed by atoms with Gasteiger partial charge in [-0.1, -0.05) is 18.1 Å². The molecule has 0 aliphatic heterocycles. The fraction of sp³-hybridized carbons (Fsp3) is 0.296. The Balaban J connectivity index is 1.59. The summed E-state index contributed by atoms with van der Waals surface area (Å²) in [4.78, 5) is 13.0. The first-order valence-electron chi connectivity index (χ1n) is 11.4. The third-order valence-corrected chi connectivity index (χ3v) is 6.87. The average molecular weight is 467 g/mol. The Bertz CT molecular complexity index is 1370. The van der Waals surface area contributed by atoms with Gasteiger partial charge in [0.15, 0.2) is 0 Å². The summed E-state index contributed by atoms with van der Waals surface area (Å²) in [5, 5.41) is 14.4. The number of nitrogens with one attached hydrogen (secondary N) is 1. The van der Waals surface area contributed by atoms with Crippen LogP contribution in [0.4, 0.5) is 13.2 Å². The van der Waals surface area contributed by atoms with E-state index in [2.05, 4.69) is 5.32 Å². The number of aryl methyl sites for hydroxylation is 1. The van der Waals surface area contributed by atoms with Crippen LogP contribution < -0.4 is 5.32 Å². The van der Waals surface area contributed by atoms with Crippen LogP contribution in [-0.4, -0.2) is 28.2 Å². The zero-order chi connectivity index (χ0) is 24.0. The first-order chi connectivity index (χ1) is 16.3. The minimum Gasteiger partial charge on any atom is -0.394 e. The number of carbonyl (C=O) groups excluding carboxylic acids is 1. The van der Waals surface area contributed by atoms with Crippen molar-refractivity contribution in [2.45, 2.75) is 38.4 Å². The van der Waals surface area contributed by atoms with Crippen LogP contribution >= 0.6 is 0 Å². The highest BCUT2D eigenvalue weighted by molar-refractivity contribution is 6.11. The predicted molar refractivity (Wildman–Crippen MR) is 126 cm³/mol. The van der Waals surface area contributed by atoms with E-state index < -0.39 is 11.7 Å². The topological polar surface area (TPSA) is 54.3 Å². The second-order valence-electron chi connectivity index (χ2n) is 9.09. The molecule has 176 valence electrons. The quantitative estimate of drug-likeness (QED) is 0.379. The molecule has 1 aromatic heterocycles. The number of aliphatic hydroxyl groups excluding tert-OH is 1. The van der Waals surface area contributed by atoms with Crippen LogP contribution in [0.2, 0.25) is 0 Å². The number of aliphatic hydroxyl groups is 1. The Labute approximate surface area is 195 Å². The molecule has 1 atom stereocenters. The number of nitrogens with zero attached hydrogens (tertiary/aromatic N) is 1. The van der Waals surface area contributed by atoms with Gasteiger partial charge in [0.05, 0.1) is 29.2 Å². The minimum atomic E-state index is -4.40. The van der Waals surface area contributed by atoms with Crippen molar-refractivity contribution in [3.63, 3.8) is 0 Å². The van der Waals surface area contributed by atoms with Crippen molar-refractivity contribution in [2.24, 2.45) is 5.92 Å². The number of hydrogen-bond donors (Lipinski definition) is 2. The zero-order valence-corrected chi connectivity index (χ0v) is 18.7. The molecule has 4 nitrogen and oxygen atoms in total. The lowest BCUT2D eigenvalue weighted by Gasteiger charge is -2.33. The van der Waals surface area contributed by atoms with Gasteiger partial charge in [-0.3, -0.25) is 4.79 Å². The maximum Gasteiger partial charge on any atom is 0.416 e. The molecule has 1 aliphatic carbocycles. The van der Waals surface area contributed by atoms with Gasteiger partial charge in [-0.25, -0.2) is 0 Å². The lowest BCUT2D eigenvalue weighted by Crippen LogP contribution is -2.45. The third-order valence-electron chi connectivity index (χ3n) is 6.87. The molecule has 1 saturated carbocycles. The molecule has 0 saturated heterocycles. The molecule has 0 spiro atoms. The largest absolute Gasteiger partial charge is 0.416 e. The zero-order valence-electron chi connectivity index (χ0n) is 18.7. The van der Waals surface area contributed by atoms with E-state index in [9.17, 15) is 23.1 Å². The van der Waals surface area contributed by atoms with E-state index in [1.54, 1.807) is 6.07 Å². The molecule has 2 N–H and O–H groups in total. The third kappa shape index (κ3) is 3.94. The normalized spacial score (nSPS) is 15.4. The Morgan fingerprint density at radius 3 is 2.26 bits per heavy atom. The summed E-state index contributed by atoms with van der Waals surface area (Å²) in [6.45, 7) is 1.88. The van der Waals surface area contributed by atoms with Crippen molar-refractivity contribution in [3.8, 4) is 5.69 Å². The number of halogens is 3. The average Bonchev–Trinajstić information content (AvgIpc) is 3.09. The summed E-state index contributed by atoms with van der Waals surface area (Å²) in [5.41, 5.74) is 3.09. The van der Waals surface area contributed by atoms with E-state index in [-0.39, 0.29) is 18.6 Å². The van der Waals surface area contributed by atoms with Gasteiger partial charge >= 0.3 is 6.18 Å². The fourth-order valence-corrected chi connectivity index (χ4v) is 4.76. The van der Waals surface area contributed by atoms with Gasteiger partial charge in [0.25, 0.3) is 5.91 Å². The van der Waals surface area contributed by atoms with E-state index in [4.69, 9.17) is 0 Å². The predicted octanol–water partition coefficient (Wildman–Crippen LogP) is 6.00. The monoisotopic (exact) mass is 466 g/mol. The van der Waals surface area contributed by atoms with Crippen molar-refractivity contribution < 1.29 is 23.1 Å². The molecule has 1 aliphatic rings. The van der Waals surface area contributed by atoms with Gasteiger partial charge in [-0.15, -0.1) is 0 Å². The lowest BCUT2D eigenvalue weighted by atomic mass is 9.80. The number of alkyl halides is 3. The maximum absolute atomic E-state index is 13.1. The molecular weight excluding hydrogens is 441 g/mol. The van der Waals surface area contributed by atoms with Crippen LogP contribution in [0, 0.1) is 12.8 Å². The highest BCUT2D eigenvalue weighted by Crippen LogP contribution is 2.35. The van der Waals surface area contributed by atoms with Gasteiger partial charge in [-0.2, -0.15) is 13.2 Å². The fourth-order valence-electron chi connectivity index (χ4n) is 4.76. The summed E-state index contributed by atoms with van der Waals surface area (Å²) in [6.07, 6.45) is -1.27. The van der Waals surface area contributed by atoms with Crippen LogP contribution in [0.5, 0.6) is 0 Å². The Hall–Kier alpha value is -3.32. The Morgan fingerprint density at radius 1 is 1.03 bits per heavy atom. The lowest BCUT2D eigenvalue weighted by molar-refractivity contribution is -0.137. The number of benzene rings is 3. The molecule has 1 unspecified atom stereocenters. The molecule has 1 amide bonds. The van der Waals surface area contributed by atoms with Gasteiger partial charge in [0.1, 0.15) is 0 Å².